The van der Waals surface area contributed by atoms with Crippen LogP contribution in [0.25, 0.3) is 5.69 Å². The van der Waals surface area contributed by atoms with Crippen molar-refractivity contribution in [2.24, 2.45) is 0 Å². The number of nitrogens with zero attached hydrogens (tertiary/aromatic N) is 4. The molecule has 0 saturated heterocycles. The fourth-order valence-corrected chi connectivity index (χ4v) is 2.12. The van der Waals surface area contributed by atoms with Crippen molar-refractivity contribution < 1.29 is 18.3 Å². The Balaban J connectivity index is 2.39. The van der Waals surface area contributed by atoms with Gasteiger partial charge in [-0.2, -0.15) is 9.36 Å². The smallest absolute Gasteiger partial charge is 0.368 e. The van der Waals surface area contributed by atoms with Gasteiger partial charge in [0.25, 0.3) is 0 Å². The normalized spacial score (nSPS) is 10.9. The van der Waals surface area contributed by atoms with E-state index in [2.05, 4.69) is 26.4 Å². The lowest BCUT2D eigenvalue weighted by atomic mass is 10.3. The van der Waals surface area contributed by atoms with E-state index in [1.807, 2.05) is 0 Å². The Kier molecular flexibility index (Phi) is 5.61. The molecule has 0 aliphatic heterocycles. The van der Waals surface area contributed by atoms with Crippen LogP contribution in [0.4, 0.5) is 8.78 Å². The van der Waals surface area contributed by atoms with Crippen LogP contribution in [-0.4, -0.2) is 40.4 Å². The third kappa shape index (κ3) is 3.50. The largest absolute Gasteiger partial charge is 0.466 e. The van der Waals surface area contributed by atoms with Gasteiger partial charge >= 0.3 is 5.69 Å². The number of aromatic nitrogens is 4. The highest BCUT2D eigenvalue weighted by molar-refractivity contribution is 9.10. The molecular weight excluding hydrogens is 366 g/mol. The Labute approximate surface area is 132 Å². The van der Waals surface area contributed by atoms with Crippen LogP contribution in [-0.2, 0) is 11.3 Å². The number of alkyl halides is 1. The summed E-state index contributed by atoms with van der Waals surface area (Å²) in [4.78, 5) is 12.1. The molecule has 1 heterocycles. The minimum Gasteiger partial charge on any atom is -0.466 e. The highest BCUT2D eigenvalue weighted by Gasteiger charge is 2.16. The Bertz CT molecular complexity index is 704. The SMILES string of the molecule is COCOc1cc(-n2nnn(CCCF)c2=O)c(F)cc1Br. The van der Waals surface area contributed by atoms with Crippen molar-refractivity contribution in [2.75, 3.05) is 20.6 Å². The summed E-state index contributed by atoms with van der Waals surface area (Å²) < 4.78 is 38.4. The maximum Gasteiger partial charge on any atom is 0.368 e. The molecule has 1 aromatic carbocycles. The summed E-state index contributed by atoms with van der Waals surface area (Å²) in [5, 5.41) is 7.19. The van der Waals surface area contributed by atoms with Crippen molar-refractivity contribution >= 4 is 15.9 Å². The Hall–Kier alpha value is -1.81. The van der Waals surface area contributed by atoms with Gasteiger partial charge in [0.1, 0.15) is 11.4 Å². The van der Waals surface area contributed by atoms with Crippen LogP contribution in [0.2, 0.25) is 0 Å². The van der Waals surface area contributed by atoms with Crippen LogP contribution < -0.4 is 10.4 Å². The van der Waals surface area contributed by atoms with Crippen LogP contribution in [0.3, 0.4) is 0 Å². The van der Waals surface area contributed by atoms with Crippen molar-refractivity contribution in [1.29, 1.82) is 0 Å². The molecule has 2 aromatic rings. The van der Waals surface area contributed by atoms with Crippen LogP contribution >= 0.6 is 15.9 Å². The molecule has 0 saturated carbocycles. The molecule has 1 aromatic heterocycles. The third-order valence-electron chi connectivity index (χ3n) is 2.70. The summed E-state index contributed by atoms with van der Waals surface area (Å²) in [6.45, 7) is -0.552. The van der Waals surface area contributed by atoms with Crippen LogP contribution in [0.1, 0.15) is 6.42 Å². The van der Waals surface area contributed by atoms with E-state index >= 15 is 0 Å². The molecule has 0 fully saturated rings. The van der Waals surface area contributed by atoms with Gasteiger partial charge in [-0.3, -0.25) is 4.39 Å². The first-order valence-electron chi connectivity index (χ1n) is 6.28. The molecule has 10 heteroatoms. The van der Waals surface area contributed by atoms with E-state index in [4.69, 9.17) is 9.47 Å². The number of halogens is 3. The lowest BCUT2D eigenvalue weighted by Crippen LogP contribution is -2.25. The maximum atomic E-state index is 14.1. The van der Waals surface area contributed by atoms with Crippen molar-refractivity contribution in [3.8, 4) is 11.4 Å². The fourth-order valence-electron chi connectivity index (χ4n) is 1.69. The van der Waals surface area contributed by atoms with Gasteiger partial charge in [-0.1, -0.05) is 0 Å². The molecule has 0 aliphatic rings. The van der Waals surface area contributed by atoms with Crippen molar-refractivity contribution in [3.05, 3.63) is 32.9 Å². The highest BCUT2D eigenvalue weighted by Crippen LogP contribution is 2.29. The van der Waals surface area contributed by atoms with Gasteiger partial charge in [0, 0.05) is 13.2 Å². The van der Waals surface area contributed by atoms with Crippen molar-refractivity contribution in [1.82, 2.24) is 19.8 Å². The summed E-state index contributed by atoms with van der Waals surface area (Å²) >= 11 is 3.15. The number of rotatable bonds is 7. The molecule has 0 unspecified atom stereocenters. The standard InChI is InChI=1S/C12H13BrF2N4O3/c1-21-7-22-11-6-10(9(15)5-8(11)13)19-12(20)18(16-17-19)4-2-3-14/h5-6H,2-4,7H2,1H3. The lowest BCUT2D eigenvalue weighted by Gasteiger charge is -2.09. The number of methoxy groups -OCH3 is 1. The molecule has 0 N–H and O–H groups in total. The zero-order chi connectivity index (χ0) is 16.1. The first-order valence-corrected chi connectivity index (χ1v) is 7.07. The number of ether oxygens (including phenoxy) is 2. The summed E-state index contributed by atoms with van der Waals surface area (Å²) in [6, 6.07) is 2.45. The minimum atomic E-state index is -0.684. The van der Waals surface area contributed by atoms with E-state index in [9.17, 15) is 13.6 Å². The van der Waals surface area contributed by atoms with E-state index in [0.717, 1.165) is 15.4 Å². The van der Waals surface area contributed by atoms with E-state index < -0.39 is 18.2 Å². The molecule has 0 spiro atoms. The first kappa shape index (κ1) is 16.6. The van der Waals surface area contributed by atoms with Gasteiger partial charge in [0.05, 0.1) is 17.7 Å². The summed E-state index contributed by atoms with van der Waals surface area (Å²) in [5.41, 5.74) is -0.779. The van der Waals surface area contributed by atoms with E-state index in [1.54, 1.807) is 0 Å². The molecule has 120 valence electrons. The van der Waals surface area contributed by atoms with E-state index in [0.29, 0.717) is 4.47 Å². The molecule has 0 radical (unpaired) electrons. The second kappa shape index (κ2) is 7.45. The molecule has 22 heavy (non-hydrogen) atoms. The van der Waals surface area contributed by atoms with Gasteiger partial charge in [0.2, 0.25) is 0 Å². The lowest BCUT2D eigenvalue weighted by molar-refractivity contribution is 0.0505. The summed E-state index contributed by atoms with van der Waals surface area (Å²) in [6.07, 6.45) is 0.129. The maximum absolute atomic E-state index is 14.1. The van der Waals surface area contributed by atoms with Crippen LogP contribution in [0, 0.1) is 5.82 Å². The quantitative estimate of drug-likeness (QED) is 0.685. The second-order valence-corrected chi connectivity index (χ2v) is 5.08. The average molecular weight is 379 g/mol. The predicted molar refractivity (Wildman–Crippen MR) is 76.4 cm³/mol. The molecule has 0 bridgehead atoms. The third-order valence-corrected chi connectivity index (χ3v) is 3.32. The second-order valence-electron chi connectivity index (χ2n) is 4.22. The Morgan fingerprint density at radius 2 is 2.14 bits per heavy atom. The molecular formula is C12H13BrF2N4O3. The van der Waals surface area contributed by atoms with E-state index in [-0.39, 0.29) is 31.2 Å². The number of hydrogen-bond donors (Lipinski definition) is 0. The minimum absolute atomic E-state index is 0.0399. The number of hydrogen-bond acceptors (Lipinski definition) is 5. The topological polar surface area (TPSA) is 71.2 Å². The van der Waals surface area contributed by atoms with Crippen LogP contribution in [0.15, 0.2) is 21.4 Å². The zero-order valence-electron chi connectivity index (χ0n) is 11.6. The average Bonchev–Trinajstić information content (AvgIpc) is 2.85. The molecule has 0 amide bonds. The Morgan fingerprint density at radius 1 is 1.36 bits per heavy atom. The van der Waals surface area contributed by atoms with Crippen molar-refractivity contribution in [2.45, 2.75) is 13.0 Å². The molecule has 0 aliphatic carbocycles. The van der Waals surface area contributed by atoms with Gasteiger partial charge in [-0.15, -0.1) is 0 Å². The molecule has 0 atom stereocenters. The fraction of sp³-hybridized carbons (Fsp3) is 0.417. The molecule has 7 nitrogen and oxygen atoms in total. The van der Waals surface area contributed by atoms with Gasteiger partial charge in [-0.05, 0) is 38.8 Å². The predicted octanol–water partition coefficient (Wildman–Crippen LogP) is 1.67. The monoisotopic (exact) mass is 378 g/mol. The highest BCUT2D eigenvalue weighted by atomic mass is 79.9. The first-order chi connectivity index (χ1) is 10.6. The van der Waals surface area contributed by atoms with Gasteiger partial charge in [0.15, 0.2) is 12.6 Å². The van der Waals surface area contributed by atoms with Crippen molar-refractivity contribution in [3.63, 3.8) is 0 Å². The number of benzene rings is 1. The zero-order valence-corrected chi connectivity index (χ0v) is 13.2. The van der Waals surface area contributed by atoms with Crippen LogP contribution in [0.5, 0.6) is 5.75 Å². The van der Waals surface area contributed by atoms with Gasteiger partial charge in [-0.25, -0.2) is 9.18 Å². The van der Waals surface area contributed by atoms with E-state index in [1.165, 1.54) is 13.2 Å². The molecule has 2 rings (SSSR count). The summed E-state index contributed by atoms with van der Waals surface area (Å²) in [7, 11) is 1.44. The number of aryl methyl sites for hydroxylation is 1. The number of tetrazole rings is 1. The summed E-state index contributed by atoms with van der Waals surface area (Å²) in [5.74, 6) is -0.403. The van der Waals surface area contributed by atoms with Gasteiger partial charge < -0.3 is 9.47 Å². The Morgan fingerprint density at radius 3 is 2.82 bits per heavy atom.